The molecule has 0 heterocycles. The van der Waals surface area contributed by atoms with Crippen LogP contribution in [-0.4, -0.2) is 0 Å². The Morgan fingerprint density at radius 1 is 1.21 bits per heavy atom. The monoisotopic (exact) mass is 278 g/mol. The van der Waals surface area contributed by atoms with Crippen LogP contribution in [0.3, 0.4) is 0 Å². The first kappa shape index (κ1) is 13.3. The summed E-state index contributed by atoms with van der Waals surface area (Å²) >= 11 is 5.88. The Balaban J connectivity index is 2.20. The van der Waals surface area contributed by atoms with Crippen LogP contribution in [0, 0.1) is 23.0 Å². The van der Waals surface area contributed by atoms with Crippen molar-refractivity contribution >= 4 is 17.3 Å². The van der Waals surface area contributed by atoms with Crippen LogP contribution in [0.1, 0.15) is 11.1 Å². The number of rotatable bonds is 3. The van der Waals surface area contributed by atoms with Gasteiger partial charge in [-0.2, -0.15) is 5.26 Å². The molecule has 0 bridgehead atoms. The molecule has 0 aliphatic rings. The fourth-order valence-corrected chi connectivity index (χ4v) is 1.87. The number of anilines is 1. The molecule has 5 heteroatoms. The van der Waals surface area contributed by atoms with Crippen LogP contribution < -0.4 is 5.32 Å². The Bertz CT molecular complexity index is 650. The average Bonchev–Trinajstić information content (AvgIpc) is 2.38. The highest BCUT2D eigenvalue weighted by Crippen LogP contribution is 2.21. The van der Waals surface area contributed by atoms with Crippen molar-refractivity contribution in [2.24, 2.45) is 0 Å². The Labute approximate surface area is 114 Å². The van der Waals surface area contributed by atoms with Gasteiger partial charge in [0.2, 0.25) is 0 Å². The lowest BCUT2D eigenvalue weighted by atomic mass is 10.1. The molecule has 2 aromatic carbocycles. The van der Waals surface area contributed by atoms with Gasteiger partial charge >= 0.3 is 0 Å². The smallest absolute Gasteiger partial charge is 0.143 e. The molecule has 2 rings (SSSR count). The second kappa shape index (κ2) is 5.68. The van der Waals surface area contributed by atoms with E-state index in [-0.39, 0.29) is 17.1 Å². The third kappa shape index (κ3) is 3.01. The Morgan fingerprint density at radius 2 is 2.00 bits per heavy atom. The van der Waals surface area contributed by atoms with Gasteiger partial charge in [0.1, 0.15) is 23.3 Å². The molecular formula is C14H9ClF2N2. The summed E-state index contributed by atoms with van der Waals surface area (Å²) in [7, 11) is 0. The minimum absolute atomic E-state index is 0.0549. The second-order valence-electron chi connectivity index (χ2n) is 3.86. The lowest BCUT2D eigenvalue weighted by Gasteiger charge is -2.10. The summed E-state index contributed by atoms with van der Waals surface area (Å²) in [6.07, 6.45) is 0. The molecular weight excluding hydrogens is 270 g/mol. The van der Waals surface area contributed by atoms with E-state index in [1.807, 2.05) is 0 Å². The zero-order chi connectivity index (χ0) is 13.8. The number of hydrogen-bond donors (Lipinski definition) is 1. The third-order valence-corrected chi connectivity index (χ3v) is 2.96. The molecule has 0 fully saturated rings. The first-order chi connectivity index (χ1) is 9.11. The van der Waals surface area contributed by atoms with E-state index >= 15 is 0 Å². The summed E-state index contributed by atoms with van der Waals surface area (Å²) in [5.41, 5.74) is 0.986. The van der Waals surface area contributed by atoms with Crippen molar-refractivity contribution in [2.75, 3.05) is 5.32 Å². The summed E-state index contributed by atoms with van der Waals surface area (Å²) in [5, 5.41) is 12.1. The van der Waals surface area contributed by atoms with Crippen LogP contribution in [0.2, 0.25) is 5.02 Å². The quantitative estimate of drug-likeness (QED) is 0.917. The van der Waals surface area contributed by atoms with Crippen molar-refractivity contribution in [2.45, 2.75) is 6.54 Å². The normalized spacial score (nSPS) is 10.0. The fraction of sp³-hybridized carbons (Fsp3) is 0.0714. The summed E-state index contributed by atoms with van der Waals surface area (Å²) < 4.78 is 26.3. The van der Waals surface area contributed by atoms with Gasteiger partial charge in [0, 0.05) is 11.6 Å². The van der Waals surface area contributed by atoms with Crippen molar-refractivity contribution in [3.63, 3.8) is 0 Å². The molecule has 0 spiro atoms. The van der Waals surface area contributed by atoms with Gasteiger partial charge in [-0.25, -0.2) is 8.78 Å². The van der Waals surface area contributed by atoms with Gasteiger partial charge in [-0.1, -0.05) is 23.7 Å². The van der Waals surface area contributed by atoms with Crippen molar-refractivity contribution in [3.05, 3.63) is 64.2 Å². The Hall–Kier alpha value is -2.12. The maximum atomic E-state index is 13.4. The minimum Gasteiger partial charge on any atom is -0.380 e. The molecule has 0 aliphatic carbocycles. The summed E-state index contributed by atoms with van der Waals surface area (Å²) in [6, 6.07) is 10.1. The lowest BCUT2D eigenvalue weighted by molar-refractivity contribution is 0.624. The van der Waals surface area contributed by atoms with E-state index < -0.39 is 11.6 Å². The number of benzene rings is 2. The number of nitriles is 1. The van der Waals surface area contributed by atoms with Gasteiger partial charge in [-0.05, 0) is 29.8 Å². The van der Waals surface area contributed by atoms with Gasteiger partial charge in [-0.3, -0.25) is 0 Å². The molecule has 2 nitrogen and oxygen atoms in total. The number of nitrogens with zero attached hydrogens (tertiary/aromatic N) is 1. The van der Waals surface area contributed by atoms with Crippen LogP contribution in [0.5, 0.6) is 0 Å². The zero-order valence-corrected chi connectivity index (χ0v) is 10.5. The zero-order valence-electron chi connectivity index (χ0n) is 9.75. The van der Waals surface area contributed by atoms with Gasteiger partial charge < -0.3 is 5.32 Å². The van der Waals surface area contributed by atoms with Crippen molar-refractivity contribution in [1.82, 2.24) is 0 Å². The predicted octanol–water partition coefficient (Wildman–Crippen LogP) is 4.10. The topological polar surface area (TPSA) is 35.8 Å². The first-order valence-corrected chi connectivity index (χ1v) is 5.86. The molecule has 96 valence electrons. The van der Waals surface area contributed by atoms with Gasteiger partial charge in [-0.15, -0.1) is 0 Å². The van der Waals surface area contributed by atoms with Crippen LogP contribution in [0.15, 0.2) is 36.4 Å². The Morgan fingerprint density at radius 3 is 2.68 bits per heavy atom. The lowest BCUT2D eigenvalue weighted by Crippen LogP contribution is -2.03. The maximum Gasteiger partial charge on any atom is 0.143 e. The van der Waals surface area contributed by atoms with E-state index in [0.29, 0.717) is 11.3 Å². The van der Waals surface area contributed by atoms with Gasteiger partial charge in [0.15, 0.2) is 0 Å². The molecule has 0 aliphatic heterocycles. The van der Waals surface area contributed by atoms with E-state index in [4.69, 9.17) is 16.9 Å². The fourth-order valence-electron chi connectivity index (χ4n) is 1.64. The molecule has 0 saturated carbocycles. The SMILES string of the molecule is N#Cc1c(F)cccc1NCc1ccc(F)cc1Cl. The largest absolute Gasteiger partial charge is 0.380 e. The molecule has 0 unspecified atom stereocenters. The molecule has 0 atom stereocenters. The summed E-state index contributed by atoms with van der Waals surface area (Å²) in [4.78, 5) is 0. The molecule has 0 amide bonds. The van der Waals surface area contributed by atoms with Crippen molar-refractivity contribution < 1.29 is 8.78 Å². The van der Waals surface area contributed by atoms with Crippen molar-refractivity contribution in [3.8, 4) is 6.07 Å². The van der Waals surface area contributed by atoms with Crippen molar-refractivity contribution in [1.29, 1.82) is 5.26 Å². The van der Waals surface area contributed by atoms with Crippen LogP contribution in [0.25, 0.3) is 0 Å². The van der Waals surface area contributed by atoms with E-state index in [0.717, 1.165) is 0 Å². The molecule has 0 radical (unpaired) electrons. The molecule has 0 aromatic heterocycles. The molecule has 0 saturated heterocycles. The molecule has 19 heavy (non-hydrogen) atoms. The second-order valence-corrected chi connectivity index (χ2v) is 4.27. The summed E-state index contributed by atoms with van der Waals surface area (Å²) in [5.74, 6) is -1.00. The van der Waals surface area contributed by atoms with Crippen LogP contribution in [0.4, 0.5) is 14.5 Å². The van der Waals surface area contributed by atoms with E-state index in [1.54, 1.807) is 12.1 Å². The molecule has 2 aromatic rings. The van der Waals surface area contributed by atoms with Gasteiger partial charge in [0.25, 0.3) is 0 Å². The van der Waals surface area contributed by atoms with Gasteiger partial charge in [0.05, 0.1) is 5.69 Å². The van der Waals surface area contributed by atoms with E-state index in [9.17, 15) is 8.78 Å². The van der Waals surface area contributed by atoms with E-state index in [1.165, 1.54) is 30.3 Å². The standard InChI is InChI=1S/C14H9ClF2N2/c15-12-6-10(16)5-4-9(12)8-19-14-3-1-2-13(17)11(14)7-18/h1-6,19H,8H2. The third-order valence-electron chi connectivity index (χ3n) is 2.61. The highest BCUT2D eigenvalue weighted by Gasteiger charge is 2.08. The van der Waals surface area contributed by atoms with E-state index in [2.05, 4.69) is 5.32 Å². The average molecular weight is 279 g/mol. The van der Waals surface area contributed by atoms with Crippen LogP contribution >= 0.6 is 11.6 Å². The minimum atomic E-state index is -0.585. The predicted molar refractivity (Wildman–Crippen MR) is 69.9 cm³/mol. The van der Waals surface area contributed by atoms with Crippen LogP contribution in [-0.2, 0) is 6.54 Å². The maximum absolute atomic E-state index is 13.4. The highest BCUT2D eigenvalue weighted by molar-refractivity contribution is 6.31. The number of halogens is 3. The first-order valence-electron chi connectivity index (χ1n) is 5.48. The summed E-state index contributed by atoms with van der Waals surface area (Å²) in [6.45, 7) is 0.275. The highest BCUT2D eigenvalue weighted by atomic mass is 35.5. The number of nitrogens with one attached hydrogen (secondary N) is 1. The molecule has 1 N–H and O–H groups in total. The Kier molecular flexibility index (Phi) is 3.98. The number of hydrogen-bond acceptors (Lipinski definition) is 2.